The SMILES string of the molecule is COc1cc(C#N)ccc1NS(=O)(=O)c1ccccc1Cl. The van der Waals surface area contributed by atoms with Gasteiger partial charge in [-0.05, 0) is 24.3 Å². The summed E-state index contributed by atoms with van der Waals surface area (Å²) in [7, 11) is -2.45. The molecule has 5 nitrogen and oxygen atoms in total. The number of anilines is 1. The molecule has 0 aromatic heterocycles. The molecule has 0 radical (unpaired) electrons. The van der Waals surface area contributed by atoms with Gasteiger partial charge in [0.2, 0.25) is 0 Å². The fourth-order valence-corrected chi connectivity index (χ4v) is 3.30. The molecule has 21 heavy (non-hydrogen) atoms. The summed E-state index contributed by atoms with van der Waals surface area (Å²) < 4.78 is 32.1. The lowest BCUT2D eigenvalue weighted by Crippen LogP contribution is -2.14. The maximum Gasteiger partial charge on any atom is 0.263 e. The lowest BCUT2D eigenvalue weighted by atomic mass is 10.2. The lowest BCUT2D eigenvalue weighted by molar-refractivity contribution is 0.416. The molecule has 0 fully saturated rings. The number of sulfonamides is 1. The van der Waals surface area contributed by atoms with Crippen LogP contribution in [0.25, 0.3) is 0 Å². The highest BCUT2D eigenvalue weighted by Crippen LogP contribution is 2.29. The van der Waals surface area contributed by atoms with Gasteiger partial charge in [0.1, 0.15) is 10.6 Å². The first-order valence-corrected chi connectivity index (χ1v) is 7.69. The third-order valence-corrected chi connectivity index (χ3v) is 4.57. The maximum atomic E-state index is 12.3. The summed E-state index contributed by atoms with van der Waals surface area (Å²) in [6.45, 7) is 0. The number of nitrogens with one attached hydrogen (secondary N) is 1. The third-order valence-electron chi connectivity index (χ3n) is 2.70. The predicted octanol–water partition coefficient (Wildman–Crippen LogP) is 3.02. The van der Waals surface area contributed by atoms with E-state index in [-0.39, 0.29) is 21.4 Å². The molecule has 0 bridgehead atoms. The Morgan fingerprint density at radius 2 is 1.95 bits per heavy atom. The zero-order chi connectivity index (χ0) is 15.5. The Morgan fingerprint density at radius 1 is 1.24 bits per heavy atom. The normalized spacial score (nSPS) is 10.7. The summed E-state index contributed by atoms with van der Waals surface area (Å²) in [5.74, 6) is 0.254. The van der Waals surface area contributed by atoms with Crippen LogP contribution in [0.2, 0.25) is 5.02 Å². The van der Waals surface area contributed by atoms with Crippen molar-refractivity contribution >= 4 is 27.3 Å². The van der Waals surface area contributed by atoms with Crippen LogP contribution in [0.4, 0.5) is 5.69 Å². The minimum Gasteiger partial charge on any atom is -0.495 e. The van der Waals surface area contributed by atoms with Crippen LogP contribution in [0, 0.1) is 11.3 Å². The summed E-state index contributed by atoms with van der Waals surface area (Å²) in [6.07, 6.45) is 0. The predicted molar refractivity (Wildman–Crippen MR) is 80.0 cm³/mol. The van der Waals surface area contributed by atoms with Crippen molar-refractivity contribution in [3.05, 3.63) is 53.1 Å². The second-order valence-electron chi connectivity index (χ2n) is 4.06. The standard InChI is InChI=1S/C14H11ClN2O3S/c1-20-13-8-10(9-16)6-7-12(13)17-21(18,19)14-5-3-2-4-11(14)15/h2-8,17H,1H3. The molecule has 0 aliphatic rings. The van der Waals surface area contributed by atoms with Gasteiger partial charge in [-0.25, -0.2) is 8.42 Å². The highest BCUT2D eigenvalue weighted by Gasteiger charge is 2.19. The van der Waals surface area contributed by atoms with E-state index in [4.69, 9.17) is 21.6 Å². The van der Waals surface area contributed by atoms with Gasteiger partial charge in [0.25, 0.3) is 10.0 Å². The van der Waals surface area contributed by atoms with Gasteiger partial charge in [-0.3, -0.25) is 4.72 Å². The van der Waals surface area contributed by atoms with Crippen LogP contribution in [-0.4, -0.2) is 15.5 Å². The Hall–Kier alpha value is -2.23. The molecule has 0 heterocycles. The van der Waals surface area contributed by atoms with Crippen LogP contribution < -0.4 is 9.46 Å². The summed E-state index contributed by atoms with van der Waals surface area (Å²) >= 11 is 5.90. The molecule has 0 aliphatic heterocycles. The Kier molecular flexibility index (Phi) is 4.36. The van der Waals surface area contributed by atoms with Crippen molar-refractivity contribution in [2.45, 2.75) is 4.90 Å². The lowest BCUT2D eigenvalue weighted by Gasteiger charge is -2.12. The summed E-state index contributed by atoms with van der Waals surface area (Å²) in [6, 6.07) is 12.5. The number of hydrogen-bond donors (Lipinski definition) is 1. The molecule has 108 valence electrons. The fourth-order valence-electron chi connectivity index (χ4n) is 1.71. The summed E-state index contributed by atoms with van der Waals surface area (Å²) in [5.41, 5.74) is 0.601. The third kappa shape index (κ3) is 3.27. The molecule has 0 unspecified atom stereocenters. The monoisotopic (exact) mass is 322 g/mol. The number of nitriles is 1. The zero-order valence-corrected chi connectivity index (χ0v) is 12.6. The highest BCUT2D eigenvalue weighted by atomic mass is 35.5. The molecule has 0 spiro atoms. The number of ether oxygens (including phenoxy) is 1. The van der Waals surface area contributed by atoms with E-state index in [2.05, 4.69) is 4.72 Å². The van der Waals surface area contributed by atoms with Gasteiger partial charge in [0.05, 0.1) is 29.5 Å². The molecule has 1 N–H and O–H groups in total. The number of halogens is 1. The Labute approximate surface area is 127 Å². The molecule has 2 aromatic rings. The minimum atomic E-state index is -3.84. The zero-order valence-electron chi connectivity index (χ0n) is 11.0. The molecule has 0 amide bonds. The molecule has 0 atom stereocenters. The van der Waals surface area contributed by atoms with E-state index in [1.54, 1.807) is 12.1 Å². The molecular weight excluding hydrogens is 312 g/mol. The highest BCUT2D eigenvalue weighted by molar-refractivity contribution is 7.92. The number of hydrogen-bond acceptors (Lipinski definition) is 4. The summed E-state index contributed by atoms with van der Waals surface area (Å²) in [4.78, 5) is -0.0296. The Morgan fingerprint density at radius 3 is 2.57 bits per heavy atom. The van der Waals surface area contributed by atoms with Gasteiger partial charge >= 0.3 is 0 Å². The fraction of sp³-hybridized carbons (Fsp3) is 0.0714. The van der Waals surface area contributed by atoms with E-state index in [1.165, 1.54) is 37.4 Å². The van der Waals surface area contributed by atoms with Crippen molar-refractivity contribution < 1.29 is 13.2 Å². The van der Waals surface area contributed by atoms with Crippen molar-refractivity contribution in [1.82, 2.24) is 0 Å². The van der Waals surface area contributed by atoms with Crippen LogP contribution in [0.5, 0.6) is 5.75 Å². The van der Waals surface area contributed by atoms with Crippen molar-refractivity contribution in [1.29, 1.82) is 5.26 Å². The van der Waals surface area contributed by atoms with Crippen LogP contribution in [-0.2, 0) is 10.0 Å². The maximum absolute atomic E-state index is 12.3. The number of nitrogens with zero attached hydrogens (tertiary/aromatic N) is 1. The van der Waals surface area contributed by atoms with Crippen molar-refractivity contribution in [3.8, 4) is 11.8 Å². The molecule has 0 aliphatic carbocycles. The van der Waals surface area contributed by atoms with Gasteiger partial charge in [0.15, 0.2) is 0 Å². The van der Waals surface area contributed by atoms with Crippen molar-refractivity contribution in [2.24, 2.45) is 0 Å². The van der Waals surface area contributed by atoms with Crippen LogP contribution in [0.15, 0.2) is 47.4 Å². The topological polar surface area (TPSA) is 79.2 Å². The Bertz CT molecular complexity index is 813. The average Bonchev–Trinajstić information content (AvgIpc) is 2.47. The van der Waals surface area contributed by atoms with Crippen LogP contribution >= 0.6 is 11.6 Å². The molecule has 0 saturated carbocycles. The second-order valence-corrected chi connectivity index (χ2v) is 6.12. The van der Waals surface area contributed by atoms with E-state index < -0.39 is 10.0 Å². The van der Waals surface area contributed by atoms with Crippen LogP contribution in [0.3, 0.4) is 0 Å². The first-order valence-electron chi connectivity index (χ1n) is 5.83. The van der Waals surface area contributed by atoms with Crippen molar-refractivity contribution in [3.63, 3.8) is 0 Å². The molecule has 2 aromatic carbocycles. The first kappa shape index (κ1) is 15.2. The Balaban J connectivity index is 2.42. The van der Waals surface area contributed by atoms with Gasteiger partial charge in [-0.15, -0.1) is 0 Å². The minimum absolute atomic E-state index is 0.0296. The van der Waals surface area contributed by atoms with Gasteiger partial charge < -0.3 is 4.74 Å². The molecular formula is C14H11ClN2O3S. The molecule has 7 heteroatoms. The number of benzene rings is 2. The van der Waals surface area contributed by atoms with E-state index in [9.17, 15) is 8.42 Å². The van der Waals surface area contributed by atoms with Gasteiger partial charge in [-0.1, -0.05) is 23.7 Å². The number of rotatable bonds is 4. The number of methoxy groups -OCH3 is 1. The van der Waals surface area contributed by atoms with E-state index in [1.807, 2.05) is 6.07 Å². The van der Waals surface area contributed by atoms with E-state index >= 15 is 0 Å². The largest absolute Gasteiger partial charge is 0.495 e. The van der Waals surface area contributed by atoms with Crippen LogP contribution in [0.1, 0.15) is 5.56 Å². The average molecular weight is 323 g/mol. The quantitative estimate of drug-likeness (QED) is 0.938. The second kappa shape index (κ2) is 6.04. The van der Waals surface area contributed by atoms with E-state index in [0.717, 1.165) is 0 Å². The first-order chi connectivity index (χ1) is 9.97. The molecule has 2 rings (SSSR count). The van der Waals surface area contributed by atoms with Gasteiger partial charge in [-0.2, -0.15) is 5.26 Å². The van der Waals surface area contributed by atoms with Crippen molar-refractivity contribution in [2.75, 3.05) is 11.8 Å². The van der Waals surface area contributed by atoms with Gasteiger partial charge in [0, 0.05) is 6.07 Å². The summed E-state index contributed by atoms with van der Waals surface area (Å²) in [5, 5.41) is 8.96. The van der Waals surface area contributed by atoms with E-state index in [0.29, 0.717) is 5.56 Å². The molecule has 0 saturated heterocycles. The smallest absolute Gasteiger partial charge is 0.263 e.